The summed E-state index contributed by atoms with van der Waals surface area (Å²) in [7, 11) is 1.63. The normalized spacial score (nSPS) is 12.2. The lowest BCUT2D eigenvalue weighted by molar-refractivity contribution is 0.414. The van der Waals surface area contributed by atoms with Gasteiger partial charge < -0.3 is 4.74 Å². The molecule has 106 valence electrons. The molecular formula is C15H12Br2ClFO. The predicted molar refractivity (Wildman–Crippen MR) is 87.5 cm³/mol. The Kier molecular flexibility index (Phi) is 5.47. The van der Waals surface area contributed by atoms with Gasteiger partial charge in [-0.05, 0) is 52.2 Å². The Morgan fingerprint density at radius 3 is 2.50 bits per heavy atom. The monoisotopic (exact) mass is 420 g/mol. The molecule has 0 aliphatic carbocycles. The minimum atomic E-state index is -0.281. The molecule has 0 radical (unpaired) electrons. The molecule has 0 heterocycles. The number of halogens is 4. The first kappa shape index (κ1) is 15.8. The quantitative estimate of drug-likeness (QED) is 0.438. The van der Waals surface area contributed by atoms with E-state index in [1.807, 2.05) is 24.3 Å². The number of alkyl halides is 1. The van der Waals surface area contributed by atoms with Crippen LogP contribution >= 0.6 is 43.5 Å². The van der Waals surface area contributed by atoms with Crippen LogP contribution in [0.15, 0.2) is 40.9 Å². The zero-order valence-corrected chi connectivity index (χ0v) is 14.6. The topological polar surface area (TPSA) is 9.23 Å². The highest BCUT2D eigenvalue weighted by atomic mass is 79.9. The third kappa shape index (κ3) is 3.74. The maximum Gasteiger partial charge on any atom is 0.128 e. The van der Waals surface area contributed by atoms with Crippen LogP contribution in [0.4, 0.5) is 4.39 Å². The molecule has 0 aliphatic heterocycles. The van der Waals surface area contributed by atoms with Crippen molar-refractivity contribution in [2.45, 2.75) is 11.2 Å². The molecule has 2 rings (SSSR count). The molecule has 1 nitrogen and oxygen atoms in total. The third-order valence-corrected chi connectivity index (χ3v) is 4.97. The molecule has 0 saturated carbocycles. The minimum Gasteiger partial charge on any atom is -0.497 e. The second-order valence-electron chi connectivity index (χ2n) is 4.31. The number of hydrogen-bond donors (Lipinski definition) is 0. The maximum absolute atomic E-state index is 14.0. The van der Waals surface area contributed by atoms with Crippen molar-refractivity contribution in [1.82, 2.24) is 0 Å². The minimum absolute atomic E-state index is 0.138. The van der Waals surface area contributed by atoms with E-state index >= 15 is 0 Å². The molecule has 0 N–H and O–H groups in total. The van der Waals surface area contributed by atoms with Crippen molar-refractivity contribution >= 4 is 43.5 Å². The van der Waals surface area contributed by atoms with Crippen molar-refractivity contribution in [3.63, 3.8) is 0 Å². The van der Waals surface area contributed by atoms with Crippen molar-refractivity contribution in [2.75, 3.05) is 7.11 Å². The van der Waals surface area contributed by atoms with Crippen molar-refractivity contribution in [1.29, 1.82) is 0 Å². The SMILES string of the molecule is COc1ccc(CC(Br)c2cc(Cl)c(Br)cc2F)cc1. The maximum atomic E-state index is 14.0. The largest absolute Gasteiger partial charge is 0.497 e. The Morgan fingerprint density at radius 1 is 1.25 bits per heavy atom. The van der Waals surface area contributed by atoms with E-state index in [-0.39, 0.29) is 10.6 Å². The third-order valence-electron chi connectivity index (χ3n) is 2.95. The molecule has 5 heteroatoms. The Hall–Kier alpha value is -0.580. The first-order valence-electron chi connectivity index (χ1n) is 5.92. The van der Waals surface area contributed by atoms with Crippen LogP contribution < -0.4 is 4.74 Å². The molecule has 1 unspecified atom stereocenters. The number of methoxy groups -OCH3 is 1. The molecule has 0 amide bonds. The molecule has 0 spiro atoms. The summed E-state index contributed by atoms with van der Waals surface area (Å²) in [5, 5.41) is 0.501. The molecule has 0 saturated heterocycles. The second kappa shape index (κ2) is 6.92. The van der Waals surface area contributed by atoms with E-state index in [0.29, 0.717) is 21.5 Å². The standard InChI is InChI=1S/C15H12Br2ClFO/c1-20-10-4-2-9(3-5-10)6-12(16)11-7-14(18)13(17)8-15(11)19/h2-5,7-8,12H,6H2,1H3. The Bertz CT molecular complexity index is 602. The lowest BCUT2D eigenvalue weighted by atomic mass is 10.0. The van der Waals surface area contributed by atoms with Crippen LogP contribution in [0.25, 0.3) is 0 Å². The summed E-state index contributed by atoms with van der Waals surface area (Å²) in [6.45, 7) is 0. The van der Waals surface area contributed by atoms with Gasteiger partial charge in [0.05, 0.1) is 12.1 Å². The molecule has 0 fully saturated rings. The molecule has 0 bridgehead atoms. The van der Waals surface area contributed by atoms with E-state index in [0.717, 1.165) is 11.3 Å². The average molecular weight is 423 g/mol. The lowest BCUT2D eigenvalue weighted by Gasteiger charge is -2.13. The Balaban J connectivity index is 2.18. The molecule has 0 aliphatic rings. The highest BCUT2D eigenvalue weighted by Gasteiger charge is 2.15. The van der Waals surface area contributed by atoms with Crippen molar-refractivity contribution in [3.8, 4) is 5.75 Å². The number of rotatable bonds is 4. The summed E-state index contributed by atoms with van der Waals surface area (Å²) in [4.78, 5) is -0.138. The summed E-state index contributed by atoms with van der Waals surface area (Å²) >= 11 is 12.8. The predicted octanol–water partition coefficient (Wildman–Crippen LogP) is 5.93. The van der Waals surface area contributed by atoms with Crippen LogP contribution in [0.1, 0.15) is 16.0 Å². The van der Waals surface area contributed by atoms with Crippen LogP contribution in [0.3, 0.4) is 0 Å². The van der Waals surface area contributed by atoms with Gasteiger partial charge in [-0.3, -0.25) is 0 Å². The van der Waals surface area contributed by atoms with Gasteiger partial charge in [0, 0.05) is 14.9 Å². The number of benzene rings is 2. The average Bonchev–Trinajstić information content (AvgIpc) is 2.43. The van der Waals surface area contributed by atoms with Gasteiger partial charge in [-0.25, -0.2) is 4.39 Å². The van der Waals surface area contributed by atoms with Crippen molar-refractivity contribution in [3.05, 3.63) is 62.8 Å². The molecule has 1 atom stereocenters. The van der Waals surface area contributed by atoms with E-state index in [1.54, 1.807) is 13.2 Å². The highest BCUT2D eigenvalue weighted by Crippen LogP contribution is 2.34. The smallest absolute Gasteiger partial charge is 0.128 e. The van der Waals surface area contributed by atoms with Gasteiger partial charge in [0.2, 0.25) is 0 Å². The van der Waals surface area contributed by atoms with Gasteiger partial charge in [-0.15, -0.1) is 0 Å². The van der Waals surface area contributed by atoms with Gasteiger partial charge in [-0.2, -0.15) is 0 Å². The van der Waals surface area contributed by atoms with E-state index in [2.05, 4.69) is 31.9 Å². The molecule has 2 aromatic rings. The van der Waals surface area contributed by atoms with Gasteiger partial charge in [0.15, 0.2) is 0 Å². The van der Waals surface area contributed by atoms with Gasteiger partial charge in [0.25, 0.3) is 0 Å². The van der Waals surface area contributed by atoms with E-state index in [1.165, 1.54) is 6.07 Å². The van der Waals surface area contributed by atoms with Crippen LogP contribution in [-0.2, 0) is 6.42 Å². The van der Waals surface area contributed by atoms with E-state index in [9.17, 15) is 4.39 Å². The van der Waals surface area contributed by atoms with E-state index < -0.39 is 0 Å². The summed E-state index contributed by atoms with van der Waals surface area (Å²) in [5.74, 6) is 0.523. The summed E-state index contributed by atoms with van der Waals surface area (Å²) < 4.78 is 19.6. The highest BCUT2D eigenvalue weighted by molar-refractivity contribution is 9.10. The van der Waals surface area contributed by atoms with E-state index in [4.69, 9.17) is 16.3 Å². The van der Waals surface area contributed by atoms with Crippen LogP contribution in [-0.4, -0.2) is 7.11 Å². The first-order chi connectivity index (χ1) is 9.51. The second-order valence-corrected chi connectivity index (χ2v) is 6.67. The molecule has 0 aromatic heterocycles. The fourth-order valence-corrected chi connectivity index (χ4v) is 3.07. The van der Waals surface area contributed by atoms with Crippen LogP contribution in [0.2, 0.25) is 5.02 Å². The van der Waals surface area contributed by atoms with Crippen molar-refractivity contribution in [2.24, 2.45) is 0 Å². The van der Waals surface area contributed by atoms with Gasteiger partial charge in [-0.1, -0.05) is 39.7 Å². The fourth-order valence-electron chi connectivity index (χ4n) is 1.86. The molecular weight excluding hydrogens is 410 g/mol. The fraction of sp³-hybridized carbons (Fsp3) is 0.200. The zero-order valence-electron chi connectivity index (χ0n) is 10.7. The van der Waals surface area contributed by atoms with Crippen molar-refractivity contribution < 1.29 is 9.13 Å². The number of hydrogen-bond acceptors (Lipinski definition) is 1. The van der Waals surface area contributed by atoms with Gasteiger partial charge in [0.1, 0.15) is 11.6 Å². The summed E-state index contributed by atoms with van der Waals surface area (Å²) in [6, 6.07) is 10.7. The Labute approximate surface area is 139 Å². The first-order valence-corrected chi connectivity index (χ1v) is 8.01. The molecule has 2 aromatic carbocycles. The van der Waals surface area contributed by atoms with Gasteiger partial charge >= 0.3 is 0 Å². The molecule has 20 heavy (non-hydrogen) atoms. The van der Waals surface area contributed by atoms with Crippen LogP contribution in [0, 0.1) is 5.82 Å². The number of ether oxygens (including phenoxy) is 1. The van der Waals surface area contributed by atoms with Crippen LogP contribution in [0.5, 0.6) is 5.75 Å². The Morgan fingerprint density at radius 2 is 1.90 bits per heavy atom. The summed E-state index contributed by atoms with van der Waals surface area (Å²) in [5.41, 5.74) is 1.64. The zero-order chi connectivity index (χ0) is 14.7. The summed E-state index contributed by atoms with van der Waals surface area (Å²) in [6.07, 6.45) is 0.666. The lowest BCUT2D eigenvalue weighted by Crippen LogP contribution is -1.99.